The van der Waals surface area contributed by atoms with Crippen molar-refractivity contribution >= 4 is 32.6 Å². The summed E-state index contributed by atoms with van der Waals surface area (Å²) in [4.78, 5) is 20.5. The molecule has 1 amide bonds. The highest BCUT2D eigenvalue weighted by Gasteiger charge is 2.26. The summed E-state index contributed by atoms with van der Waals surface area (Å²) in [5, 5.41) is 0.280. The molecule has 0 radical (unpaired) electrons. The van der Waals surface area contributed by atoms with E-state index >= 15 is 0 Å². The highest BCUT2D eigenvalue weighted by atomic mass is 32.1. The molecule has 8 heteroatoms. The maximum absolute atomic E-state index is 14.1. The van der Waals surface area contributed by atoms with Crippen LogP contribution in [0.2, 0.25) is 0 Å². The molecule has 0 saturated carbocycles. The summed E-state index contributed by atoms with van der Waals surface area (Å²) in [6.07, 6.45) is 0.582. The number of aromatic nitrogens is 1. The van der Waals surface area contributed by atoms with Gasteiger partial charge in [-0.25, -0.2) is 18.2 Å². The minimum atomic E-state index is -0.926. The molecule has 3 aromatic rings. The number of thiazole rings is 1. The Morgan fingerprint density at radius 3 is 2.44 bits per heavy atom. The zero-order valence-corrected chi connectivity index (χ0v) is 15.7. The van der Waals surface area contributed by atoms with E-state index in [0.29, 0.717) is 23.2 Å². The molecule has 1 aromatic heterocycles. The summed E-state index contributed by atoms with van der Waals surface area (Å²) in [6.45, 7) is 0.913. The van der Waals surface area contributed by atoms with Gasteiger partial charge in [0, 0.05) is 6.54 Å². The van der Waals surface area contributed by atoms with E-state index in [1.54, 1.807) is 0 Å². The van der Waals surface area contributed by atoms with Crippen LogP contribution in [0.25, 0.3) is 10.2 Å². The molecule has 0 fully saturated rings. The van der Waals surface area contributed by atoms with Crippen LogP contribution in [0.4, 0.5) is 18.3 Å². The van der Waals surface area contributed by atoms with E-state index in [-0.39, 0.29) is 11.7 Å². The van der Waals surface area contributed by atoms with Crippen molar-refractivity contribution in [2.45, 2.75) is 6.42 Å². The Bertz CT molecular complexity index is 954. The molecule has 0 N–H and O–H groups in total. The van der Waals surface area contributed by atoms with Crippen LogP contribution in [0.15, 0.2) is 36.4 Å². The van der Waals surface area contributed by atoms with Crippen LogP contribution in [-0.2, 0) is 0 Å². The number of anilines is 1. The highest BCUT2D eigenvalue weighted by Crippen LogP contribution is 2.31. The molecule has 0 unspecified atom stereocenters. The molecule has 2 aromatic carbocycles. The number of halogens is 3. The van der Waals surface area contributed by atoms with Crippen molar-refractivity contribution in [3.63, 3.8) is 0 Å². The lowest BCUT2D eigenvalue weighted by molar-refractivity contribution is 0.0978. The number of benzene rings is 2. The first-order chi connectivity index (χ1) is 12.9. The summed E-state index contributed by atoms with van der Waals surface area (Å²) in [5.74, 6) is -3.07. The topological polar surface area (TPSA) is 36.4 Å². The summed E-state index contributed by atoms with van der Waals surface area (Å²) < 4.78 is 42.3. The lowest BCUT2D eigenvalue weighted by Gasteiger charge is -2.21. The molecule has 0 saturated heterocycles. The number of carbonyl (C=O) groups is 1. The number of amides is 1. The predicted octanol–water partition coefficient (Wildman–Crippen LogP) is 4.31. The second-order valence-electron chi connectivity index (χ2n) is 6.32. The van der Waals surface area contributed by atoms with Crippen molar-refractivity contribution < 1.29 is 18.0 Å². The molecule has 1 heterocycles. The molecule has 4 nitrogen and oxygen atoms in total. The van der Waals surface area contributed by atoms with Crippen LogP contribution in [0.5, 0.6) is 0 Å². The van der Waals surface area contributed by atoms with Gasteiger partial charge in [-0.05, 0) is 57.4 Å². The third-order valence-electron chi connectivity index (χ3n) is 3.98. The Labute approximate surface area is 158 Å². The first kappa shape index (κ1) is 19.3. The van der Waals surface area contributed by atoms with Crippen molar-refractivity contribution in [2.75, 3.05) is 32.1 Å². The smallest absolute Gasteiger partial charge is 0.266 e. The van der Waals surface area contributed by atoms with E-state index in [1.807, 2.05) is 19.0 Å². The maximum atomic E-state index is 14.1. The molecule has 3 rings (SSSR count). The maximum Gasteiger partial charge on any atom is 0.266 e. The Hall–Kier alpha value is -2.45. The van der Waals surface area contributed by atoms with Gasteiger partial charge in [-0.1, -0.05) is 17.4 Å². The van der Waals surface area contributed by atoms with Crippen LogP contribution >= 0.6 is 11.3 Å². The van der Waals surface area contributed by atoms with E-state index < -0.39 is 28.9 Å². The Balaban J connectivity index is 2.00. The fourth-order valence-corrected chi connectivity index (χ4v) is 3.68. The molecule has 142 valence electrons. The quantitative estimate of drug-likeness (QED) is 0.626. The van der Waals surface area contributed by atoms with Gasteiger partial charge in [0.15, 0.2) is 5.13 Å². The largest absolute Gasteiger partial charge is 0.309 e. The van der Waals surface area contributed by atoms with Crippen molar-refractivity contribution in [1.29, 1.82) is 0 Å². The SMILES string of the molecule is CN(C)CCCN(C(=O)c1c(F)cccc1F)c1nc2ccc(F)cc2s1. The minimum absolute atomic E-state index is 0.229. The average Bonchev–Trinajstić information content (AvgIpc) is 3.00. The van der Waals surface area contributed by atoms with Crippen LogP contribution in [0, 0.1) is 17.5 Å². The number of carbonyl (C=O) groups excluding carboxylic acids is 1. The number of nitrogens with zero attached hydrogens (tertiary/aromatic N) is 3. The molecule has 0 spiro atoms. The van der Waals surface area contributed by atoms with E-state index in [2.05, 4.69) is 4.98 Å². The lowest BCUT2D eigenvalue weighted by Crippen LogP contribution is -2.34. The Morgan fingerprint density at radius 1 is 1.07 bits per heavy atom. The molecule has 0 aliphatic heterocycles. The standard InChI is InChI=1S/C19H18F3N3OS/c1-24(2)9-4-10-25(18(26)17-13(21)5-3-6-14(17)22)19-23-15-8-7-12(20)11-16(15)27-19/h3,5-8,11H,4,9-10H2,1-2H3. The van der Waals surface area contributed by atoms with E-state index in [9.17, 15) is 18.0 Å². The van der Waals surface area contributed by atoms with Gasteiger partial charge >= 0.3 is 0 Å². The monoisotopic (exact) mass is 393 g/mol. The van der Waals surface area contributed by atoms with Crippen LogP contribution in [0.1, 0.15) is 16.8 Å². The molecular formula is C19H18F3N3OS. The van der Waals surface area contributed by atoms with E-state index in [1.165, 1.54) is 29.2 Å². The third-order valence-corrected chi connectivity index (χ3v) is 5.02. The predicted molar refractivity (Wildman–Crippen MR) is 101 cm³/mol. The van der Waals surface area contributed by atoms with E-state index in [0.717, 1.165) is 23.5 Å². The van der Waals surface area contributed by atoms with Gasteiger partial charge in [0.25, 0.3) is 5.91 Å². The zero-order valence-electron chi connectivity index (χ0n) is 14.9. The van der Waals surface area contributed by atoms with Gasteiger partial charge in [0.05, 0.1) is 10.2 Å². The summed E-state index contributed by atoms with van der Waals surface area (Å²) >= 11 is 1.11. The summed E-state index contributed by atoms with van der Waals surface area (Å²) in [5.41, 5.74) is -0.0939. The van der Waals surface area contributed by atoms with Crippen molar-refractivity contribution in [3.05, 3.63) is 59.4 Å². The fraction of sp³-hybridized carbons (Fsp3) is 0.263. The van der Waals surface area contributed by atoms with Crippen molar-refractivity contribution in [2.24, 2.45) is 0 Å². The molecule has 27 heavy (non-hydrogen) atoms. The lowest BCUT2D eigenvalue weighted by atomic mass is 10.1. The minimum Gasteiger partial charge on any atom is -0.309 e. The highest BCUT2D eigenvalue weighted by molar-refractivity contribution is 7.22. The molecule has 0 aliphatic carbocycles. The molecule has 0 atom stereocenters. The number of fused-ring (bicyclic) bond motifs is 1. The zero-order chi connectivity index (χ0) is 19.6. The van der Waals surface area contributed by atoms with Crippen LogP contribution < -0.4 is 4.90 Å². The Morgan fingerprint density at radius 2 is 1.78 bits per heavy atom. The van der Waals surface area contributed by atoms with Crippen molar-refractivity contribution in [3.8, 4) is 0 Å². The number of rotatable bonds is 6. The van der Waals surface area contributed by atoms with E-state index in [4.69, 9.17) is 0 Å². The first-order valence-corrected chi connectivity index (χ1v) is 9.15. The first-order valence-electron chi connectivity index (χ1n) is 8.33. The van der Waals surface area contributed by atoms with Crippen LogP contribution in [0.3, 0.4) is 0 Å². The average molecular weight is 393 g/mol. The van der Waals surface area contributed by atoms with Crippen molar-refractivity contribution in [1.82, 2.24) is 9.88 Å². The van der Waals surface area contributed by atoms with Gasteiger partial charge in [-0.15, -0.1) is 0 Å². The summed E-state index contributed by atoms with van der Waals surface area (Å²) in [6, 6.07) is 7.41. The molecule has 0 aliphatic rings. The summed E-state index contributed by atoms with van der Waals surface area (Å²) in [7, 11) is 3.78. The molecular weight excluding hydrogens is 375 g/mol. The molecule has 0 bridgehead atoms. The van der Waals surface area contributed by atoms with Gasteiger partial charge < -0.3 is 4.90 Å². The van der Waals surface area contributed by atoms with Gasteiger partial charge in [0.1, 0.15) is 23.0 Å². The number of hydrogen-bond acceptors (Lipinski definition) is 4. The van der Waals surface area contributed by atoms with Crippen LogP contribution in [-0.4, -0.2) is 43.0 Å². The number of hydrogen-bond donors (Lipinski definition) is 0. The fourth-order valence-electron chi connectivity index (χ4n) is 2.67. The van der Waals surface area contributed by atoms with Gasteiger partial charge in [0.2, 0.25) is 0 Å². The van der Waals surface area contributed by atoms with Gasteiger partial charge in [-0.2, -0.15) is 0 Å². The third kappa shape index (κ3) is 4.28. The second-order valence-corrected chi connectivity index (χ2v) is 7.33. The normalized spacial score (nSPS) is 11.3. The Kier molecular flexibility index (Phi) is 5.76. The second kappa shape index (κ2) is 8.06. The van der Waals surface area contributed by atoms with Gasteiger partial charge in [-0.3, -0.25) is 9.69 Å².